The molecule has 0 aliphatic rings. The van der Waals surface area contributed by atoms with Gasteiger partial charge in [0.2, 0.25) is 0 Å². The van der Waals surface area contributed by atoms with E-state index < -0.39 is 11.7 Å². The topological polar surface area (TPSA) is 54.9 Å². The largest absolute Gasteiger partial charge is 0.317 e. The summed E-state index contributed by atoms with van der Waals surface area (Å²) in [6.45, 7) is 0. The number of carbonyl (C=O) groups is 1. The molecule has 18 heavy (non-hydrogen) atoms. The molecule has 92 valence electrons. The van der Waals surface area contributed by atoms with E-state index in [0.717, 1.165) is 0 Å². The maximum Gasteiger partial charge on any atom is 0.275 e. The molecule has 1 heterocycles. The van der Waals surface area contributed by atoms with Crippen molar-refractivity contribution in [3.8, 4) is 0 Å². The molecule has 4 nitrogen and oxygen atoms in total. The van der Waals surface area contributed by atoms with Gasteiger partial charge in [0, 0.05) is 0 Å². The Labute approximate surface area is 112 Å². The summed E-state index contributed by atoms with van der Waals surface area (Å²) in [5, 5.41) is 2.59. The van der Waals surface area contributed by atoms with Crippen LogP contribution in [0.15, 0.2) is 30.6 Å². The van der Waals surface area contributed by atoms with Gasteiger partial charge in [0.15, 0.2) is 0 Å². The minimum Gasteiger partial charge on any atom is -0.317 e. The number of anilines is 1. The summed E-state index contributed by atoms with van der Waals surface area (Å²) < 4.78 is 13.4. The molecule has 0 saturated heterocycles. The molecule has 0 atom stereocenters. The number of hydrogen-bond donors (Lipinski definition) is 1. The number of nitrogens with one attached hydrogen (secondary N) is 1. The van der Waals surface area contributed by atoms with Crippen LogP contribution < -0.4 is 5.32 Å². The Kier molecular flexibility index (Phi) is 3.74. The standard InChI is InChI=1S/C11H6Cl2FN3O/c12-6-2-1-3-7(14)10(6)17-11(18)8-4-16-9(13)5-15-8/h1-5H,(H,17,18). The third-order valence-corrected chi connectivity index (χ3v) is 2.56. The average molecular weight is 286 g/mol. The highest BCUT2D eigenvalue weighted by Crippen LogP contribution is 2.24. The zero-order valence-electron chi connectivity index (χ0n) is 8.82. The summed E-state index contributed by atoms with van der Waals surface area (Å²) in [5.41, 5.74) is -0.0837. The van der Waals surface area contributed by atoms with Crippen LogP contribution in [0.1, 0.15) is 10.5 Å². The average Bonchev–Trinajstić information content (AvgIpc) is 2.34. The highest BCUT2D eigenvalue weighted by atomic mass is 35.5. The molecule has 7 heteroatoms. The van der Waals surface area contributed by atoms with Crippen LogP contribution in [0.25, 0.3) is 0 Å². The number of aromatic nitrogens is 2. The van der Waals surface area contributed by atoms with Crippen LogP contribution in [0, 0.1) is 5.82 Å². The molecular weight excluding hydrogens is 280 g/mol. The van der Waals surface area contributed by atoms with Crippen LogP contribution >= 0.6 is 23.2 Å². The van der Waals surface area contributed by atoms with Gasteiger partial charge >= 0.3 is 0 Å². The monoisotopic (exact) mass is 285 g/mol. The molecule has 1 N–H and O–H groups in total. The lowest BCUT2D eigenvalue weighted by Gasteiger charge is -2.07. The summed E-state index contributed by atoms with van der Waals surface area (Å²) in [4.78, 5) is 19.2. The highest BCUT2D eigenvalue weighted by molar-refractivity contribution is 6.34. The summed E-state index contributed by atoms with van der Waals surface area (Å²) in [5.74, 6) is -1.25. The van der Waals surface area contributed by atoms with Crippen molar-refractivity contribution in [2.75, 3.05) is 5.32 Å². The smallest absolute Gasteiger partial charge is 0.275 e. The Hall–Kier alpha value is -1.72. The quantitative estimate of drug-likeness (QED) is 0.922. The van der Waals surface area contributed by atoms with Gasteiger partial charge < -0.3 is 5.32 Å². The van der Waals surface area contributed by atoms with Crippen LogP contribution in [-0.2, 0) is 0 Å². The van der Waals surface area contributed by atoms with E-state index in [1.807, 2.05) is 0 Å². The van der Waals surface area contributed by atoms with E-state index in [2.05, 4.69) is 15.3 Å². The van der Waals surface area contributed by atoms with Gasteiger partial charge in [-0.15, -0.1) is 0 Å². The van der Waals surface area contributed by atoms with Gasteiger partial charge in [0.25, 0.3) is 5.91 Å². The summed E-state index contributed by atoms with van der Waals surface area (Å²) >= 11 is 11.3. The number of halogens is 3. The first-order valence-electron chi connectivity index (χ1n) is 4.81. The normalized spacial score (nSPS) is 10.2. The van der Waals surface area contributed by atoms with Crippen LogP contribution in [0.5, 0.6) is 0 Å². The number of carbonyl (C=O) groups excluding carboxylic acids is 1. The van der Waals surface area contributed by atoms with Crippen molar-refractivity contribution >= 4 is 34.8 Å². The van der Waals surface area contributed by atoms with Gasteiger partial charge in [-0.25, -0.2) is 14.4 Å². The van der Waals surface area contributed by atoms with Gasteiger partial charge in [-0.05, 0) is 12.1 Å². The van der Waals surface area contributed by atoms with E-state index in [1.54, 1.807) is 0 Å². The number of nitrogens with zero attached hydrogens (tertiary/aromatic N) is 2. The zero-order valence-corrected chi connectivity index (χ0v) is 10.3. The van der Waals surface area contributed by atoms with Crippen molar-refractivity contribution in [3.05, 3.63) is 52.3 Å². The molecule has 0 aliphatic carbocycles. The SMILES string of the molecule is O=C(Nc1c(F)cccc1Cl)c1cnc(Cl)cn1. The Morgan fingerprint density at radius 1 is 1.22 bits per heavy atom. The minimum absolute atomic E-state index is 0.0127. The number of rotatable bonds is 2. The molecule has 1 aromatic carbocycles. The Morgan fingerprint density at radius 3 is 2.61 bits per heavy atom. The van der Waals surface area contributed by atoms with Crippen LogP contribution in [-0.4, -0.2) is 15.9 Å². The molecule has 0 aliphatic heterocycles. The highest BCUT2D eigenvalue weighted by Gasteiger charge is 2.13. The first-order chi connectivity index (χ1) is 8.58. The fourth-order valence-electron chi connectivity index (χ4n) is 1.22. The van der Waals surface area contributed by atoms with E-state index in [4.69, 9.17) is 23.2 Å². The Bertz CT molecular complexity index is 569. The van der Waals surface area contributed by atoms with Crippen LogP contribution in [0.4, 0.5) is 10.1 Å². The summed E-state index contributed by atoms with van der Waals surface area (Å²) in [7, 11) is 0. The fourth-order valence-corrected chi connectivity index (χ4v) is 1.53. The summed E-state index contributed by atoms with van der Waals surface area (Å²) in [6.07, 6.45) is 2.41. The predicted molar refractivity (Wildman–Crippen MR) is 66.4 cm³/mol. The molecule has 0 bridgehead atoms. The second-order valence-corrected chi connectivity index (χ2v) is 4.07. The summed E-state index contributed by atoms with van der Waals surface area (Å²) in [6, 6.07) is 4.10. The zero-order chi connectivity index (χ0) is 13.1. The van der Waals surface area contributed by atoms with Gasteiger partial charge in [-0.1, -0.05) is 29.3 Å². The second kappa shape index (κ2) is 5.29. The Balaban J connectivity index is 2.24. The molecule has 0 fully saturated rings. The molecule has 2 rings (SSSR count). The third kappa shape index (κ3) is 2.75. The minimum atomic E-state index is -0.627. The van der Waals surface area contributed by atoms with E-state index >= 15 is 0 Å². The lowest BCUT2D eigenvalue weighted by atomic mass is 10.3. The molecule has 0 spiro atoms. The van der Waals surface area contributed by atoms with Crippen molar-refractivity contribution < 1.29 is 9.18 Å². The second-order valence-electron chi connectivity index (χ2n) is 3.28. The van der Waals surface area contributed by atoms with E-state index in [-0.39, 0.29) is 21.6 Å². The lowest BCUT2D eigenvalue weighted by molar-refractivity contribution is 0.102. The first kappa shape index (κ1) is 12.7. The van der Waals surface area contributed by atoms with Crippen molar-refractivity contribution in [2.45, 2.75) is 0 Å². The molecule has 0 saturated carbocycles. The van der Waals surface area contributed by atoms with Gasteiger partial charge in [0.05, 0.1) is 23.1 Å². The van der Waals surface area contributed by atoms with E-state index in [1.165, 1.54) is 30.6 Å². The maximum atomic E-state index is 13.4. The molecule has 0 unspecified atom stereocenters. The fraction of sp³-hybridized carbons (Fsp3) is 0. The van der Waals surface area contributed by atoms with Crippen molar-refractivity contribution in [1.82, 2.24) is 9.97 Å². The lowest BCUT2D eigenvalue weighted by Crippen LogP contribution is -2.15. The Morgan fingerprint density at radius 2 is 2.00 bits per heavy atom. The van der Waals surface area contributed by atoms with Crippen molar-refractivity contribution in [1.29, 1.82) is 0 Å². The van der Waals surface area contributed by atoms with Gasteiger partial charge in [-0.2, -0.15) is 0 Å². The third-order valence-electron chi connectivity index (χ3n) is 2.05. The molecule has 1 amide bonds. The van der Waals surface area contributed by atoms with Gasteiger partial charge in [-0.3, -0.25) is 4.79 Å². The molecule has 0 radical (unpaired) electrons. The molecule has 2 aromatic rings. The first-order valence-corrected chi connectivity index (χ1v) is 5.56. The van der Waals surface area contributed by atoms with Crippen molar-refractivity contribution in [3.63, 3.8) is 0 Å². The number of para-hydroxylation sites is 1. The number of benzene rings is 1. The maximum absolute atomic E-state index is 13.4. The molecule has 1 aromatic heterocycles. The molecular formula is C11H6Cl2FN3O. The van der Waals surface area contributed by atoms with Gasteiger partial charge in [0.1, 0.15) is 16.7 Å². The van der Waals surface area contributed by atoms with E-state index in [0.29, 0.717) is 0 Å². The van der Waals surface area contributed by atoms with E-state index in [9.17, 15) is 9.18 Å². The van der Waals surface area contributed by atoms with Crippen LogP contribution in [0.2, 0.25) is 10.2 Å². The number of hydrogen-bond acceptors (Lipinski definition) is 3. The van der Waals surface area contributed by atoms with Crippen molar-refractivity contribution in [2.24, 2.45) is 0 Å². The van der Waals surface area contributed by atoms with Crippen LogP contribution in [0.3, 0.4) is 0 Å². The predicted octanol–water partition coefficient (Wildman–Crippen LogP) is 3.17. The number of amides is 1.